The molecule has 1 aliphatic rings. The fraction of sp³-hybridized carbons (Fsp3) is 0.933. The second-order valence-electron chi connectivity index (χ2n) is 5.60. The molecule has 1 saturated carbocycles. The molecule has 2 unspecified atom stereocenters. The van der Waals surface area contributed by atoms with Crippen molar-refractivity contribution in [3.05, 3.63) is 0 Å². The van der Waals surface area contributed by atoms with Crippen molar-refractivity contribution in [1.29, 1.82) is 0 Å². The maximum absolute atomic E-state index is 12.1. The van der Waals surface area contributed by atoms with Gasteiger partial charge in [0.1, 0.15) is 5.78 Å². The van der Waals surface area contributed by atoms with E-state index in [-0.39, 0.29) is 18.4 Å². The molecule has 0 radical (unpaired) electrons. The number of Topliss-reactive ketones (excluding diaryl/α,β-unsaturated/α-hetero) is 1. The van der Waals surface area contributed by atoms with Crippen molar-refractivity contribution in [2.24, 2.45) is 11.8 Å². The number of carbonyl (C=O) groups is 1. The zero-order valence-electron chi connectivity index (χ0n) is 11.3. The average Bonchev–Trinajstić information content (AvgIpc) is 2.33. The van der Waals surface area contributed by atoms with Crippen LogP contribution < -0.4 is 0 Å². The second-order valence-corrected chi connectivity index (χ2v) is 5.60. The maximum Gasteiger partial charge on any atom is 0.136 e. The van der Waals surface area contributed by atoms with Gasteiger partial charge in [-0.3, -0.25) is 4.79 Å². The summed E-state index contributed by atoms with van der Waals surface area (Å²) in [5.41, 5.74) is 0. The molecule has 0 bridgehead atoms. The molecule has 1 fully saturated rings. The van der Waals surface area contributed by atoms with Crippen molar-refractivity contribution in [2.75, 3.05) is 6.61 Å². The van der Waals surface area contributed by atoms with Crippen LogP contribution in [0.2, 0.25) is 0 Å². The van der Waals surface area contributed by atoms with Crippen molar-refractivity contribution in [2.45, 2.75) is 71.1 Å². The first-order chi connectivity index (χ1) is 8.25. The van der Waals surface area contributed by atoms with E-state index in [0.29, 0.717) is 5.78 Å². The highest BCUT2D eigenvalue weighted by molar-refractivity contribution is 5.81. The first kappa shape index (κ1) is 14.7. The van der Waals surface area contributed by atoms with E-state index in [1.54, 1.807) is 0 Å². The Morgan fingerprint density at radius 1 is 1.06 bits per heavy atom. The number of aliphatic hydroxyl groups excluding tert-OH is 1. The Bertz CT molecular complexity index is 213. The van der Waals surface area contributed by atoms with E-state index >= 15 is 0 Å². The van der Waals surface area contributed by atoms with E-state index in [0.717, 1.165) is 25.7 Å². The summed E-state index contributed by atoms with van der Waals surface area (Å²) in [5.74, 6) is 0.650. The lowest BCUT2D eigenvalue weighted by atomic mass is 9.83. The van der Waals surface area contributed by atoms with Gasteiger partial charge in [-0.2, -0.15) is 0 Å². The van der Waals surface area contributed by atoms with E-state index < -0.39 is 0 Å². The molecule has 2 heteroatoms. The van der Waals surface area contributed by atoms with Crippen molar-refractivity contribution in [3.8, 4) is 0 Å². The molecule has 1 aliphatic carbocycles. The highest BCUT2D eigenvalue weighted by Crippen LogP contribution is 2.24. The van der Waals surface area contributed by atoms with Crippen LogP contribution in [0.1, 0.15) is 71.1 Å². The van der Waals surface area contributed by atoms with Gasteiger partial charge >= 0.3 is 0 Å². The standard InChI is InChI=1S/C15H28O2/c1-13(12-16)14-10-8-6-4-2-3-5-7-9-11-15(14)17/h13-14,16H,2-12H2,1H3. The molecule has 0 saturated heterocycles. The first-order valence-electron chi connectivity index (χ1n) is 7.39. The van der Waals surface area contributed by atoms with Gasteiger partial charge in [0.15, 0.2) is 0 Å². The van der Waals surface area contributed by atoms with E-state index in [1.807, 2.05) is 6.92 Å². The summed E-state index contributed by atoms with van der Waals surface area (Å²) in [5, 5.41) is 9.24. The minimum Gasteiger partial charge on any atom is -0.396 e. The third kappa shape index (κ3) is 5.67. The molecule has 1 N–H and O–H groups in total. The lowest BCUT2D eigenvalue weighted by molar-refractivity contribution is -0.125. The SMILES string of the molecule is CC(CO)C1CCCCCCCCCCC1=O. The molecule has 0 heterocycles. The molecule has 0 aromatic carbocycles. The minimum atomic E-state index is 0.111. The smallest absolute Gasteiger partial charge is 0.136 e. The zero-order chi connectivity index (χ0) is 12.5. The summed E-state index contributed by atoms with van der Waals surface area (Å²) in [6, 6.07) is 0. The van der Waals surface area contributed by atoms with Crippen LogP contribution in [0.25, 0.3) is 0 Å². The molecule has 2 atom stereocenters. The van der Waals surface area contributed by atoms with E-state index in [2.05, 4.69) is 0 Å². The molecule has 2 nitrogen and oxygen atoms in total. The quantitative estimate of drug-likeness (QED) is 0.799. The number of aliphatic hydroxyl groups is 1. The average molecular weight is 240 g/mol. The molecule has 100 valence electrons. The van der Waals surface area contributed by atoms with Gasteiger partial charge in [-0.25, -0.2) is 0 Å². The predicted molar refractivity (Wildman–Crippen MR) is 70.9 cm³/mol. The Hall–Kier alpha value is -0.370. The van der Waals surface area contributed by atoms with Crippen LogP contribution in [-0.2, 0) is 4.79 Å². The minimum absolute atomic E-state index is 0.111. The van der Waals surface area contributed by atoms with E-state index in [1.165, 1.54) is 38.5 Å². The summed E-state index contributed by atoms with van der Waals surface area (Å²) in [4.78, 5) is 12.1. The Kier molecular flexibility index (Phi) is 7.50. The van der Waals surface area contributed by atoms with Gasteiger partial charge in [-0.15, -0.1) is 0 Å². The van der Waals surface area contributed by atoms with Gasteiger partial charge in [0, 0.05) is 18.9 Å². The molecule has 1 rings (SSSR count). The van der Waals surface area contributed by atoms with Gasteiger partial charge in [0.05, 0.1) is 0 Å². The summed E-state index contributed by atoms with van der Waals surface area (Å²) in [6.07, 6.45) is 11.7. The van der Waals surface area contributed by atoms with Crippen LogP contribution in [0.15, 0.2) is 0 Å². The van der Waals surface area contributed by atoms with Crippen molar-refractivity contribution < 1.29 is 9.90 Å². The summed E-state index contributed by atoms with van der Waals surface area (Å²) in [7, 11) is 0. The number of ketones is 1. The molecular formula is C15H28O2. The summed E-state index contributed by atoms with van der Waals surface area (Å²) in [6.45, 7) is 2.16. The highest BCUT2D eigenvalue weighted by Gasteiger charge is 2.23. The van der Waals surface area contributed by atoms with Gasteiger partial charge in [0.2, 0.25) is 0 Å². The van der Waals surface area contributed by atoms with Crippen LogP contribution in [0, 0.1) is 11.8 Å². The maximum atomic E-state index is 12.1. The Morgan fingerprint density at radius 3 is 2.18 bits per heavy atom. The fourth-order valence-electron chi connectivity index (χ4n) is 2.80. The Labute approximate surface area is 106 Å². The zero-order valence-corrected chi connectivity index (χ0v) is 11.3. The first-order valence-corrected chi connectivity index (χ1v) is 7.39. The van der Waals surface area contributed by atoms with Crippen LogP contribution in [0.4, 0.5) is 0 Å². The predicted octanol–water partition coefficient (Wildman–Crippen LogP) is 3.71. The topological polar surface area (TPSA) is 37.3 Å². The van der Waals surface area contributed by atoms with Crippen LogP contribution in [0.3, 0.4) is 0 Å². The van der Waals surface area contributed by atoms with Crippen molar-refractivity contribution in [3.63, 3.8) is 0 Å². The molecule has 17 heavy (non-hydrogen) atoms. The lowest BCUT2D eigenvalue weighted by Crippen LogP contribution is -2.24. The van der Waals surface area contributed by atoms with Gasteiger partial charge < -0.3 is 5.11 Å². The monoisotopic (exact) mass is 240 g/mol. The third-order valence-corrected chi connectivity index (χ3v) is 4.08. The number of rotatable bonds is 2. The molecule has 0 spiro atoms. The fourth-order valence-corrected chi connectivity index (χ4v) is 2.80. The number of carbonyl (C=O) groups excluding carboxylic acids is 1. The van der Waals surface area contributed by atoms with Gasteiger partial charge in [0.25, 0.3) is 0 Å². The van der Waals surface area contributed by atoms with E-state index in [9.17, 15) is 9.90 Å². The second kappa shape index (κ2) is 8.68. The third-order valence-electron chi connectivity index (χ3n) is 4.08. The number of hydrogen-bond donors (Lipinski definition) is 1. The lowest BCUT2D eigenvalue weighted by Gasteiger charge is -2.21. The van der Waals surface area contributed by atoms with E-state index in [4.69, 9.17) is 0 Å². The summed E-state index contributed by atoms with van der Waals surface area (Å²) >= 11 is 0. The number of hydrogen-bond acceptors (Lipinski definition) is 2. The van der Waals surface area contributed by atoms with Crippen LogP contribution in [0.5, 0.6) is 0 Å². The van der Waals surface area contributed by atoms with Crippen LogP contribution in [-0.4, -0.2) is 17.5 Å². The van der Waals surface area contributed by atoms with Crippen molar-refractivity contribution >= 4 is 5.78 Å². The highest BCUT2D eigenvalue weighted by atomic mass is 16.3. The van der Waals surface area contributed by atoms with Crippen LogP contribution >= 0.6 is 0 Å². The van der Waals surface area contributed by atoms with Crippen molar-refractivity contribution in [1.82, 2.24) is 0 Å². The summed E-state index contributed by atoms with van der Waals surface area (Å²) < 4.78 is 0. The molecule has 0 aliphatic heterocycles. The van der Waals surface area contributed by atoms with Gasteiger partial charge in [-0.05, 0) is 18.8 Å². The van der Waals surface area contributed by atoms with Gasteiger partial charge in [-0.1, -0.05) is 51.9 Å². The molecule has 0 amide bonds. The Morgan fingerprint density at radius 2 is 1.59 bits per heavy atom. The molecular weight excluding hydrogens is 212 g/mol. The largest absolute Gasteiger partial charge is 0.396 e. The Balaban J connectivity index is 2.48. The molecule has 0 aromatic heterocycles. The molecule has 0 aromatic rings. The normalized spacial score (nSPS) is 26.9.